The molecule has 0 bridgehead atoms. The minimum Gasteiger partial charge on any atom is -0.354 e. The molecule has 0 aliphatic carbocycles. The molecular formula is C18H31N3O3S. The molecular weight excluding hydrogens is 338 g/mol. The van der Waals surface area contributed by atoms with E-state index >= 15 is 0 Å². The number of nitrogens with zero attached hydrogens (tertiary/aromatic N) is 1. The number of hydrogen-bond acceptors (Lipinski definition) is 4. The third-order valence-corrected chi connectivity index (χ3v) is 5.26. The van der Waals surface area contributed by atoms with E-state index in [2.05, 4.69) is 17.2 Å². The second-order valence-electron chi connectivity index (χ2n) is 7.01. The lowest BCUT2D eigenvalue weighted by Gasteiger charge is -2.19. The molecule has 1 saturated heterocycles. The first kappa shape index (κ1) is 21.5. The average molecular weight is 370 g/mol. The van der Waals surface area contributed by atoms with Crippen molar-refractivity contribution in [2.45, 2.75) is 53.0 Å². The molecule has 3 amide bonds. The molecule has 1 aliphatic rings. The van der Waals surface area contributed by atoms with Gasteiger partial charge >= 0.3 is 0 Å². The van der Waals surface area contributed by atoms with E-state index in [0.717, 1.165) is 18.5 Å². The van der Waals surface area contributed by atoms with Crippen LogP contribution in [0.5, 0.6) is 0 Å². The zero-order valence-corrected chi connectivity index (χ0v) is 16.6. The molecule has 2 N–H and O–H groups in total. The molecule has 0 aromatic carbocycles. The van der Waals surface area contributed by atoms with E-state index in [9.17, 15) is 14.4 Å². The second kappa shape index (κ2) is 9.85. The molecule has 7 heteroatoms. The highest BCUT2D eigenvalue weighted by Gasteiger charge is 2.40. The molecule has 0 aromatic rings. The van der Waals surface area contributed by atoms with Gasteiger partial charge in [-0.2, -0.15) is 0 Å². The van der Waals surface area contributed by atoms with Crippen molar-refractivity contribution in [3.8, 4) is 0 Å². The highest BCUT2D eigenvalue weighted by molar-refractivity contribution is 8.00. The van der Waals surface area contributed by atoms with Crippen LogP contribution in [0.25, 0.3) is 0 Å². The van der Waals surface area contributed by atoms with Crippen LogP contribution in [0.4, 0.5) is 0 Å². The topological polar surface area (TPSA) is 78.5 Å². The fourth-order valence-electron chi connectivity index (χ4n) is 2.81. The Balaban J connectivity index is 2.20. The number of carbonyl (C=O) groups is 3. The van der Waals surface area contributed by atoms with Crippen LogP contribution in [-0.4, -0.2) is 53.3 Å². The molecule has 0 radical (unpaired) electrons. The van der Waals surface area contributed by atoms with Gasteiger partial charge in [-0.25, -0.2) is 0 Å². The SMILES string of the molecule is C=C1CC(C)(C)C(=O)N1CCNC(=O)CSCC(=O)NC(CC)CC. The second-order valence-corrected chi connectivity index (χ2v) is 7.99. The van der Waals surface area contributed by atoms with Crippen LogP contribution in [0, 0.1) is 5.41 Å². The first-order valence-electron chi connectivity index (χ1n) is 8.84. The van der Waals surface area contributed by atoms with Crippen molar-refractivity contribution in [2.75, 3.05) is 24.6 Å². The Labute approximate surface area is 155 Å². The van der Waals surface area contributed by atoms with Gasteiger partial charge in [-0.3, -0.25) is 14.4 Å². The van der Waals surface area contributed by atoms with Gasteiger partial charge in [0.05, 0.1) is 11.5 Å². The zero-order chi connectivity index (χ0) is 19.0. The summed E-state index contributed by atoms with van der Waals surface area (Å²) >= 11 is 1.29. The van der Waals surface area contributed by atoms with E-state index in [1.165, 1.54) is 11.8 Å². The van der Waals surface area contributed by atoms with Gasteiger partial charge in [0.2, 0.25) is 17.7 Å². The predicted molar refractivity (Wildman–Crippen MR) is 102 cm³/mol. The third-order valence-electron chi connectivity index (χ3n) is 4.33. The largest absolute Gasteiger partial charge is 0.354 e. The fraction of sp³-hybridized carbons (Fsp3) is 0.722. The number of nitrogens with one attached hydrogen (secondary N) is 2. The first-order valence-corrected chi connectivity index (χ1v) is 10.00. The lowest BCUT2D eigenvalue weighted by molar-refractivity contribution is -0.134. The van der Waals surface area contributed by atoms with Crippen molar-refractivity contribution in [3.05, 3.63) is 12.3 Å². The van der Waals surface area contributed by atoms with Crippen molar-refractivity contribution in [1.82, 2.24) is 15.5 Å². The summed E-state index contributed by atoms with van der Waals surface area (Å²) in [7, 11) is 0. The molecule has 25 heavy (non-hydrogen) atoms. The summed E-state index contributed by atoms with van der Waals surface area (Å²) in [6, 6.07) is 0.206. The summed E-state index contributed by atoms with van der Waals surface area (Å²) in [6.45, 7) is 12.6. The summed E-state index contributed by atoms with van der Waals surface area (Å²) < 4.78 is 0. The quantitative estimate of drug-likeness (QED) is 0.617. The van der Waals surface area contributed by atoms with Gasteiger partial charge in [0.1, 0.15) is 0 Å². The maximum absolute atomic E-state index is 12.2. The number of carbonyl (C=O) groups excluding carboxylic acids is 3. The number of amides is 3. The molecule has 1 fully saturated rings. The minimum atomic E-state index is -0.404. The van der Waals surface area contributed by atoms with Gasteiger partial charge in [0, 0.05) is 36.7 Å². The van der Waals surface area contributed by atoms with Crippen LogP contribution in [0.3, 0.4) is 0 Å². The van der Waals surface area contributed by atoms with Gasteiger partial charge in [0.25, 0.3) is 0 Å². The number of allylic oxidation sites excluding steroid dienone is 1. The van der Waals surface area contributed by atoms with Crippen molar-refractivity contribution in [1.29, 1.82) is 0 Å². The summed E-state index contributed by atoms with van der Waals surface area (Å²) in [6.07, 6.45) is 2.47. The predicted octanol–water partition coefficient (Wildman–Crippen LogP) is 1.91. The van der Waals surface area contributed by atoms with Crippen molar-refractivity contribution in [2.24, 2.45) is 5.41 Å². The number of likely N-dealkylation sites (tertiary alicyclic amines) is 1. The lowest BCUT2D eigenvalue weighted by atomic mass is 9.91. The monoisotopic (exact) mass is 369 g/mol. The first-order chi connectivity index (χ1) is 11.7. The molecule has 0 aromatic heterocycles. The highest BCUT2D eigenvalue weighted by Crippen LogP contribution is 2.36. The van der Waals surface area contributed by atoms with Gasteiger partial charge in [0.15, 0.2) is 0 Å². The van der Waals surface area contributed by atoms with Crippen LogP contribution in [0.15, 0.2) is 12.3 Å². The Morgan fingerprint density at radius 2 is 1.84 bits per heavy atom. The van der Waals surface area contributed by atoms with Gasteiger partial charge in [-0.15, -0.1) is 11.8 Å². The smallest absolute Gasteiger partial charge is 0.232 e. The number of hydrogen-bond donors (Lipinski definition) is 2. The van der Waals surface area contributed by atoms with E-state index in [4.69, 9.17) is 0 Å². The average Bonchev–Trinajstić information content (AvgIpc) is 2.74. The minimum absolute atomic E-state index is 0.0345. The van der Waals surface area contributed by atoms with E-state index < -0.39 is 5.41 Å². The van der Waals surface area contributed by atoms with Crippen molar-refractivity contribution >= 4 is 29.5 Å². The van der Waals surface area contributed by atoms with E-state index in [-0.39, 0.29) is 35.3 Å². The highest BCUT2D eigenvalue weighted by atomic mass is 32.2. The van der Waals surface area contributed by atoms with Crippen LogP contribution in [0.2, 0.25) is 0 Å². The Morgan fingerprint density at radius 1 is 1.24 bits per heavy atom. The summed E-state index contributed by atoms with van der Waals surface area (Å²) in [5, 5.41) is 5.73. The fourth-order valence-corrected chi connectivity index (χ4v) is 3.46. The molecule has 1 heterocycles. The van der Waals surface area contributed by atoms with Gasteiger partial charge < -0.3 is 15.5 Å². The maximum Gasteiger partial charge on any atom is 0.232 e. The Morgan fingerprint density at radius 3 is 2.36 bits per heavy atom. The van der Waals surface area contributed by atoms with Crippen molar-refractivity contribution < 1.29 is 14.4 Å². The normalized spacial score (nSPS) is 16.4. The summed E-state index contributed by atoms with van der Waals surface area (Å²) in [4.78, 5) is 37.4. The number of thioether (sulfide) groups is 1. The van der Waals surface area contributed by atoms with E-state index in [1.807, 2.05) is 27.7 Å². The van der Waals surface area contributed by atoms with Gasteiger partial charge in [-0.05, 0) is 12.8 Å². The molecule has 1 rings (SSSR count). The standard InChI is InChI=1S/C18H31N3O3S/c1-6-14(7-2)20-16(23)12-25-11-15(22)19-8-9-21-13(3)10-18(4,5)17(21)24/h14H,3,6-12H2,1-2,4-5H3,(H,19,22)(H,20,23). The molecule has 1 aliphatic heterocycles. The molecule has 142 valence electrons. The van der Waals surface area contributed by atoms with E-state index in [0.29, 0.717) is 19.5 Å². The summed E-state index contributed by atoms with van der Waals surface area (Å²) in [5.41, 5.74) is 0.399. The van der Waals surface area contributed by atoms with E-state index in [1.54, 1.807) is 4.90 Å². The van der Waals surface area contributed by atoms with Crippen LogP contribution >= 0.6 is 11.8 Å². The Bertz CT molecular complexity index is 516. The van der Waals surface area contributed by atoms with Crippen LogP contribution < -0.4 is 10.6 Å². The summed E-state index contributed by atoms with van der Waals surface area (Å²) in [5.74, 6) is 0.403. The third kappa shape index (κ3) is 6.72. The van der Waals surface area contributed by atoms with Gasteiger partial charge in [-0.1, -0.05) is 34.3 Å². The Kier molecular flexibility index (Phi) is 8.48. The van der Waals surface area contributed by atoms with Crippen molar-refractivity contribution in [3.63, 3.8) is 0 Å². The van der Waals surface area contributed by atoms with Crippen LogP contribution in [0.1, 0.15) is 47.0 Å². The molecule has 0 spiro atoms. The lowest BCUT2D eigenvalue weighted by Crippen LogP contribution is -2.38. The molecule has 6 nitrogen and oxygen atoms in total. The zero-order valence-electron chi connectivity index (χ0n) is 15.8. The maximum atomic E-state index is 12.2. The molecule has 0 saturated carbocycles. The Hall–Kier alpha value is -1.50. The molecule has 0 unspecified atom stereocenters. The molecule has 0 atom stereocenters. The van der Waals surface area contributed by atoms with Crippen LogP contribution in [-0.2, 0) is 14.4 Å². The number of rotatable bonds is 10.